The molecular formula is C15H24. The number of allylic oxidation sites excluding steroid dienone is 4. The van der Waals surface area contributed by atoms with Crippen LogP contribution >= 0.6 is 0 Å². The fraction of sp³-hybridized carbons (Fsp3) is 0.733. The van der Waals surface area contributed by atoms with Gasteiger partial charge in [-0.1, -0.05) is 44.1 Å². The molecular weight excluding hydrogens is 180 g/mol. The molecule has 0 saturated heterocycles. The van der Waals surface area contributed by atoms with Crippen LogP contribution in [0.4, 0.5) is 0 Å². The van der Waals surface area contributed by atoms with Crippen LogP contribution in [0.5, 0.6) is 0 Å². The third-order valence-corrected chi connectivity index (χ3v) is 4.09. The lowest BCUT2D eigenvalue weighted by molar-refractivity contribution is 0.542. The highest BCUT2D eigenvalue weighted by atomic mass is 14.4. The molecule has 2 aliphatic rings. The average Bonchev–Trinajstić information content (AvgIpc) is 2.85. The van der Waals surface area contributed by atoms with Crippen LogP contribution in [0.1, 0.15) is 52.4 Å². The summed E-state index contributed by atoms with van der Waals surface area (Å²) in [5.41, 5.74) is 1.71. The lowest BCUT2D eigenvalue weighted by Gasteiger charge is -2.16. The first-order chi connectivity index (χ1) is 7.33. The van der Waals surface area contributed by atoms with E-state index in [4.69, 9.17) is 0 Å². The Kier molecular flexibility index (Phi) is 3.66. The summed E-state index contributed by atoms with van der Waals surface area (Å²) < 4.78 is 0. The largest absolute Gasteiger partial charge is 0.0851 e. The smallest absolute Gasteiger partial charge is 0.0162 e. The Labute approximate surface area is 94.5 Å². The van der Waals surface area contributed by atoms with Crippen LogP contribution in [0.3, 0.4) is 0 Å². The van der Waals surface area contributed by atoms with Crippen molar-refractivity contribution in [3.05, 3.63) is 23.8 Å². The van der Waals surface area contributed by atoms with Crippen molar-refractivity contribution in [3.63, 3.8) is 0 Å². The predicted octanol–water partition coefficient (Wildman–Crippen LogP) is 4.73. The Morgan fingerprint density at radius 2 is 2.13 bits per heavy atom. The van der Waals surface area contributed by atoms with E-state index in [2.05, 4.69) is 32.1 Å². The molecule has 0 aromatic rings. The van der Waals surface area contributed by atoms with Gasteiger partial charge in [0.15, 0.2) is 0 Å². The van der Waals surface area contributed by atoms with Gasteiger partial charge >= 0.3 is 0 Å². The topological polar surface area (TPSA) is 0 Å². The van der Waals surface area contributed by atoms with Crippen molar-refractivity contribution in [3.8, 4) is 0 Å². The lowest BCUT2D eigenvalue weighted by Crippen LogP contribution is -2.04. The van der Waals surface area contributed by atoms with Crippen molar-refractivity contribution >= 4 is 0 Å². The summed E-state index contributed by atoms with van der Waals surface area (Å²) in [4.78, 5) is 0. The molecule has 1 fully saturated rings. The van der Waals surface area contributed by atoms with Gasteiger partial charge < -0.3 is 0 Å². The first-order valence-corrected chi connectivity index (χ1v) is 6.71. The molecule has 0 aromatic heterocycles. The van der Waals surface area contributed by atoms with Crippen LogP contribution in [-0.4, -0.2) is 0 Å². The molecule has 0 spiro atoms. The minimum Gasteiger partial charge on any atom is -0.0851 e. The van der Waals surface area contributed by atoms with E-state index >= 15 is 0 Å². The second kappa shape index (κ2) is 5.01. The van der Waals surface area contributed by atoms with Crippen molar-refractivity contribution in [2.24, 2.45) is 17.8 Å². The maximum atomic E-state index is 2.61. The lowest BCUT2D eigenvalue weighted by atomic mass is 9.90. The number of hydrogen-bond acceptors (Lipinski definition) is 0. The van der Waals surface area contributed by atoms with E-state index in [9.17, 15) is 0 Å². The highest BCUT2D eigenvalue weighted by molar-refractivity contribution is 5.17. The molecule has 0 heteroatoms. The standard InChI is InChI=1S/C15H24/c1-3-5-6-12(4-2)9-15-11-13-7-8-14(15)10-13/h7-9,13-15H,3-6,10-11H2,1-2H3. The van der Waals surface area contributed by atoms with Crippen LogP contribution in [0, 0.1) is 17.8 Å². The van der Waals surface area contributed by atoms with Crippen LogP contribution in [0.15, 0.2) is 23.8 Å². The van der Waals surface area contributed by atoms with E-state index in [1.165, 1.54) is 38.5 Å². The summed E-state index contributed by atoms with van der Waals surface area (Å²) >= 11 is 0. The second-order valence-electron chi connectivity index (χ2n) is 5.23. The molecule has 84 valence electrons. The Balaban J connectivity index is 1.92. The van der Waals surface area contributed by atoms with E-state index in [0.29, 0.717) is 0 Å². The summed E-state index contributed by atoms with van der Waals surface area (Å²) in [5.74, 6) is 2.69. The van der Waals surface area contributed by atoms with Crippen LogP contribution in [0.2, 0.25) is 0 Å². The van der Waals surface area contributed by atoms with Crippen molar-refractivity contribution in [1.82, 2.24) is 0 Å². The third kappa shape index (κ3) is 2.53. The van der Waals surface area contributed by atoms with Crippen LogP contribution in [0.25, 0.3) is 0 Å². The van der Waals surface area contributed by atoms with Gasteiger partial charge in [-0.05, 0) is 49.9 Å². The normalized spacial score (nSPS) is 34.0. The molecule has 15 heavy (non-hydrogen) atoms. The average molecular weight is 204 g/mol. The van der Waals surface area contributed by atoms with E-state index in [1.807, 2.05) is 0 Å². The molecule has 2 bridgehead atoms. The van der Waals surface area contributed by atoms with Gasteiger partial charge in [0.05, 0.1) is 0 Å². The molecule has 0 heterocycles. The molecule has 3 unspecified atom stereocenters. The summed E-state index contributed by atoms with van der Waals surface area (Å²) in [7, 11) is 0. The highest BCUT2D eigenvalue weighted by Crippen LogP contribution is 2.44. The Bertz CT molecular complexity index is 259. The Hall–Kier alpha value is -0.520. The monoisotopic (exact) mass is 204 g/mol. The molecule has 0 aromatic carbocycles. The zero-order valence-corrected chi connectivity index (χ0v) is 10.2. The van der Waals surface area contributed by atoms with Gasteiger partial charge in [-0.25, -0.2) is 0 Å². The molecule has 0 N–H and O–H groups in total. The molecule has 1 saturated carbocycles. The van der Waals surface area contributed by atoms with Crippen LogP contribution in [-0.2, 0) is 0 Å². The van der Waals surface area contributed by atoms with Gasteiger partial charge in [-0.2, -0.15) is 0 Å². The first-order valence-electron chi connectivity index (χ1n) is 6.71. The van der Waals surface area contributed by atoms with Crippen LogP contribution < -0.4 is 0 Å². The quantitative estimate of drug-likeness (QED) is 0.568. The molecule has 0 amide bonds. The fourth-order valence-electron chi connectivity index (χ4n) is 3.10. The van der Waals surface area contributed by atoms with Gasteiger partial charge in [-0.3, -0.25) is 0 Å². The zero-order chi connectivity index (χ0) is 10.7. The summed E-state index contributed by atoms with van der Waals surface area (Å²) in [6, 6.07) is 0. The van der Waals surface area contributed by atoms with Gasteiger partial charge in [0.1, 0.15) is 0 Å². The number of unbranched alkanes of at least 4 members (excludes halogenated alkanes) is 1. The summed E-state index contributed by atoms with van der Waals surface area (Å²) in [6.07, 6.45) is 15.7. The van der Waals surface area contributed by atoms with Gasteiger partial charge in [-0.15, -0.1) is 0 Å². The van der Waals surface area contributed by atoms with E-state index in [0.717, 1.165) is 17.8 Å². The van der Waals surface area contributed by atoms with E-state index in [1.54, 1.807) is 5.57 Å². The van der Waals surface area contributed by atoms with Gasteiger partial charge in [0.2, 0.25) is 0 Å². The van der Waals surface area contributed by atoms with E-state index < -0.39 is 0 Å². The minimum atomic E-state index is 0.881. The Morgan fingerprint density at radius 3 is 2.67 bits per heavy atom. The fourth-order valence-corrected chi connectivity index (χ4v) is 3.10. The molecule has 0 nitrogen and oxygen atoms in total. The maximum Gasteiger partial charge on any atom is -0.0162 e. The second-order valence-corrected chi connectivity index (χ2v) is 5.23. The molecule has 2 aliphatic carbocycles. The van der Waals surface area contributed by atoms with Crippen molar-refractivity contribution in [2.75, 3.05) is 0 Å². The Morgan fingerprint density at radius 1 is 1.27 bits per heavy atom. The van der Waals surface area contributed by atoms with Crippen molar-refractivity contribution < 1.29 is 0 Å². The highest BCUT2D eigenvalue weighted by Gasteiger charge is 2.34. The molecule has 3 atom stereocenters. The minimum absolute atomic E-state index is 0.881. The number of hydrogen-bond donors (Lipinski definition) is 0. The maximum absolute atomic E-state index is 2.61. The van der Waals surface area contributed by atoms with E-state index in [-0.39, 0.29) is 0 Å². The molecule has 2 rings (SSSR count). The molecule has 0 radical (unpaired) electrons. The summed E-state index contributed by atoms with van der Waals surface area (Å²) in [5, 5.41) is 0. The predicted molar refractivity (Wildman–Crippen MR) is 66.7 cm³/mol. The number of fused-ring (bicyclic) bond motifs is 2. The third-order valence-electron chi connectivity index (χ3n) is 4.09. The molecule has 0 aliphatic heterocycles. The zero-order valence-electron chi connectivity index (χ0n) is 10.2. The van der Waals surface area contributed by atoms with Gasteiger partial charge in [0, 0.05) is 0 Å². The van der Waals surface area contributed by atoms with Crippen molar-refractivity contribution in [2.45, 2.75) is 52.4 Å². The first kappa shape index (κ1) is 11.0. The SMILES string of the molecule is CCCCC(=CC1CC2C=CC1C2)CC. The number of rotatable bonds is 5. The van der Waals surface area contributed by atoms with Gasteiger partial charge in [0.25, 0.3) is 0 Å². The van der Waals surface area contributed by atoms with Crippen molar-refractivity contribution in [1.29, 1.82) is 0 Å². The summed E-state index contributed by atoms with van der Waals surface area (Å²) in [6.45, 7) is 4.60.